The van der Waals surface area contributed by atoms with E-state index in [-0.39, 0.29) is 41.3 Å². The van der Waals surface area contributed by atoms with Crippen molar-refractivity contribution in [2.24, 2.45) is 0 Å². The van der Waals surface area contributed by atoms with Gasteiger partial charge in [-0.15, -0.1) is 0 Å². The van der Waals surface area contributed by atoms with Gasteiger partial charge in [-0.05, 0) is 112 Å². The highest BCUT2D eigenvalue weighted by molar-refractivity contribution is 6.30. The minimum atomic E-state index is -0.824. The van der Waals surface area contributed by atoms with Crippen LogP contribution in [0.4, 0.5) is 0 Å². The zero-order chi connectivity index (χ0) is 37.2. The van der Waals surface area contributed by atoms with Crippen LogP contribution in [0.25, 0.3) is 22.0 Å². The average molecular weight is 719 g/mol. The summed E-state index contributed by atoms with van der Waals surface area (Å²) in [7, 11) is 1.58. The van der Waals surface area contributed by atoms with E-state index in [9.17, 15) is 14.4 Å². The molecule has 5 aromatic rings. The van der Waals surface area contributed by atoms with Crippen LogP contribution >= 0.6 is 11.6 Å². The number of rotatable bonds is 10. The van der Waals surface area contributed by atoms with E-state index in [1.165, 1.54) is 0 Å². The lowest BCUT2D eigenvalue weighted by atomic mass is 9.79. The summed E-state index contributed by atoms with van der Waals surface area (Å²) in [6.07, 6.45) is 1.79. The predicted octanol–water partition coefficient (Wildman–Crippen LogP) is 7.66. The van der Waals surface area contributed by atoms with E-state index in [4.69, 9.17) is 16.3 Å². The molecule has 1 aromatic heterocycles. The van der Waals surface area contributed by atoms with Gasteiger partial charge < -0.3 is 20.7 Å². The van der Waals surface area contributed by atoms with Crippen LogP contribution in [0.15, 0.2) is 97.1 Å². The van der Waals surface area contributed by atoms with Gasteiger partial charge in [0.25, 0.3) is 5.91 Å². The number of hydrogen-bond donors (Lipinski definition) is 3. The van der Waals surface area contributed by atoms with Crippen LogP contribution in [-0.4, -0.2) is 52.6 Å². The summed E-state index contributed by atoms with van der Waals surface area (Å²) >= 11 is 6.10. The van der Waals surface area contributed by atoms with Crippen LogP contribution in [-0.2, 0) is 22.4 Å². The smallest absolute Gasteiger partial charge is 0.262 e. The van der Waals surface area contributed by atoms with E-state index in [1.807, 2.05) is 61.5 Å². The van der Waals surface area contributed by atoms with Gasteiger partial charge in [0.05, 0.1) is 19.0 Å². The molecule has 2 amide bonds. The van der Waals surface area contributed by atoms with Crippen molar-refractivity contribution in [2.45, 2.75) is 83.5 Å². The van der Waals surface area contributed by atoms with E-state index in [1.54, 1.807) is 42.0 Å². The molecule has 1 saturated heterocycles. The molecular weight excluding hydrogens is 672 g/mol. The highest BCUT2D eigenvalue weighted by atomic mass is 35.5. The molecule has 0 aliphatic carbocycles. The number of carbonyl (C=O) groups excluding carboxylic acids is 3. The topological polar surface area (TPSA) is 101 Å². The molecule has 0 saturated carbocycles. The largest absolute Gasteiger partial charge is 0.497 e. The van der Waals surface area contributed by atoms with Gasteiger partial charge in [-0.3, -0.25) is 19.0 Å². The normalized spacial score (nSPS) is 15.9. The van der Waals surface area contributed by atoms with Crippen molar-refractivity contribution < 1.29 is 19.1 Å². The first-order valence-corrected chi connectivity index (χ1v) is 18.1. The molecule has 4 aromatic carbocycles. The van der Waals surface area contributed by atoms with E-state index >= 15 is 0 Å². The molecule has 9 heteroatoms. The first kappa shape index (κ1) is 36.9. The Morgan fingerprint density at radius 2 is 1.52 bits per heavy atom. The van der Waals surface area contributed by atoms with E-state index in [2.05, 4.69) is 55.8 Å². The molecular formula is C43H47ClN4O4. The Kier molecular flexibility index (Phi) is 10.6. The first-order valence-electron chi connectivity index (χ1n) is 17.7. The van der Waals surface area contributed by atoms with Gasteiger partial charge in [0, 0.05) is 45.2 Å². The summed E-state index contributed by atoms with van der Waals surface area (Å²) in [5.74, 6) is -0.178. The maximum Gasteiger partial charge on any atom is 0.262 e. The monoisotopic (exact) mass is 718 g/mol. The van der Waals surface area contributed by atoms with Gasteiger partial charge in [0.15, 0.2) is 0 Å². The van der Waals surface area contributed by atoms with Crippen molar-refractivity contribution in [3.8, 4) is 16.9 Å². The molecule has 1 atom stereocenters. The molecule has 3 N–H and O–H groups in total. The Labute approximate surface area is 310 Å². The Morgan fingerprint density at radius 3 is 2.15 bits per heavy atom. The number of halogens is 1. The number of fused-ring (bicyclic) bond motifs is 1. The Morgan fingerprint density at radius 1 is 0.885 bits per heavy atom. The molecule has 6 rings (SSSR count). The summed E-state index contributed by atoms with van der Waals surface area (Å²) < 4.78 is 7.15. The maximum atomic E-state index is 14.1. The standard InChI is InChI=1S/C43H47ClN4O4/c1-27-35(36-23-34(52-6)20-21-38(36)48(27)41(51)31-16-18-32(44)19-17-31)24-39(49)46-37(40(50)45-33-25-42(2,3)47-43(4,5)26-33)22-28-12-14-30(15-13-28)29-10-8-7-9-11-29/h7-21,23,33,37,47H,22,24-26H2,1-6H3,(H,45,50)(H,46,49). The number of piperidine rings is 1. The fourth-order valence-electron chi connectivity index (χ4n) is 7.84. The predicted molar refractivity (Wildman–Crippen MR) is 208 cm³/mol. The van der Waals surface area contributed by atoms with Gasteiger partial charge in [0.1, 0.15) is 11.8 Å². The molecule has 1 aliphatic heterocycles. The third-order valence-electron chi connectivity index (χ3n) is 9.86. The van der Waals surface area contributed by atoms with Crippen molar-refractivity contribution in [3.63, 3.8) is 0 Å². The van der Waals surface area contributed by atoms with Gasteiger partial charge >= 0.3 is 0 Å². The van der Waals surface area contributed by atoms with Crippen LogP contribution in [0.5, 0.6) is 5.75 Å². The first-order chi connectivity index (χ1) is 24.7. The van der Waals surface area contributed by atoms with Crippen LogP contribution in [0.1, 0.15) is 67.7 Å². The number of methoxy groups -OCH3 is 1. The molecule has 0 bridgehead atoms. The van der Waals surface area contributed by atoms with Crippen molar-refractivity contribution >= 4 is 40.2 Å². The lowest BCUT2D eigenvalue weighted by Gasteiger charge is -2.46. The lowest BCUT2D eigenvalue weighted by Crippen LogP contribution is -2.63. The number of aromatic nitrogens is 1. The van der Waals surface area contributed by atoms with Gasteiger partial charge in [-0.1, -0.05) is 66.2 Å². The van der Waals surface area contributed by atoms with Crippen molar-refractivity contribution in [3.05, 3.63) is 124 Å². The number of nitrogens with one attached hydrogen (secondary N) is 3. The highest BCUT2D eigenvalue weighted by Gasteiger charge is 2.39. The molecule has 1 fully saturated rings. The molecule has 8 nitrogen and oxygen atoms in total. The average Bonchev–Trinajstić information content (AvgIpc) is 3.36. The third kappa shape index (κ3) is 8.41. The Bertz CT molecular complexity index is 2070. The zero-order valence-corrected chi connectivity index (χ0v) is 31.4. The molecule has 0 spiro atoms. The SMILES string of the molecule is COc1ccc2c(c1)c(CC(=O)NC(Cc1ccc(-c3ccccc3)cc1)C(=O)NC1CC(C)(C)NC(C)(C)C1)c(C)n2C(=O)c1ccc(Cl)cc1. The molecule has 2 heterocycles. The highest BCUT2D eigenvalue weighted by Crippen LogP contribution is 2.32. The Hall–Kier alpha value is -4.92. The second kappa shape index (κ2) is 15.0. The van der Waals surface area contributed by atoms with Crippen LogP contribution in [0.2, 0.25) is 5.02 Å². The second-order valence-corrected chi connectivity index (χ2v) is 15.6. The molecule has 1 aliphatic rings. The summed E-state index contributed by atoms with van der Waals surface area (Å²) in [4.78, 5) is 42.0. The summed E-state index contributed by atoms with van der Waals surface area (Å²) in [5.41, 5.74) is 5.22. The van der Waals surface area contributed by atoms with Crippen LogP contribution in [0.3, 0.4) is 0 Å². The van der Waals surface area contributed by atoms with Gasteiger partial charge in [0.2, 0.25) is 11.8 Å². The minimum absolute atomic E-state index is 0.0411. The van der Waals surface area contributed by atoms with Crippen molar-refractivity contribution in [1.29, 1.82) is 0 Å². The number of hydrogen-bond acceptors (Lipinski definition) is 5. The summed E-state index contributed by atoms with van der Waals surface area (Å²) in [6, 6.07) is 29.5. The summed E-state index contributed by atoms with van der Waals surface area (Å²) in [5, 5.41) is 11.3. The minimum Gasteiger partial charge on any atom is -0.497 e. The number of nitrogens with zero attached hydrogens (tertiary/aromatic N) is 1. The van der Waals surface area contributed by atoms with E-state index in [0.29, 0.717) is 39.5 Å². The van der Waals surface area contributed by atoms with Gasteiger partial charge in [-0.2, -0.15) is 0 Å². The summed E-state index contributed by atoms with van der Waals surface area (Å²) in [6.45, 7) is 10.4. The van der Waals surface area contributed by atoms with Crippen LogP contribution in [0, 0.1) is 6.92 Å². The van der Waals surface area contributed by atoms with E-state index in [0.717, 1.165) is 34.9 Å². The quantitative estimate of drug-likeness (QED) is 0.138. The van der Waals surface area contributed by atoms with Gasteiger partial charge in [-0.25, -0.2) is 0 Å². The Balaban J connectivity index is 1.29. The second-order valence-electron chi connectivity index (χ2n) is 15.2. The third-order valence-corrected chi connectivity index (χ3v) is 10.1. The molecule has 0 radical (unpaired) electrons. The van der Waals surface area contributed by atoms with E-state index < -0.39 is 6.04 Å². The number of ether oxygens (including phenoxy) is 1. The zero-order valence-electron chi connectivity index (χ0n) is 30.7. The number of carbonyl (C=O) groups is 3. The molecule has 52 heavy (non-hydrogen) atoms. The fraction of sp³-hybridized carbons (Fsp3) is 0.326. The van der Waals surface area contributed by atoms with Crippen molar-refractivity contribution in [2.75, 3.05) is 7.11 Å². The number of benzene rings is 4. The molecule has 1 unspecified atom stereocenters. The molecule has 270 valence electrons. The maximum absolute atomic E-state index is 14.1. The lowest BCUT2D eigenvalue weighted by molar-refractivity contribution is -0.129. The van der Waals surface area contributed by atoms with Crippen LogP contribution < -0.4 is 20.7 Å². The fourth-order valence-corrected chi connectivity index (χ4v) is 7.96. The number of amides is 2. The van der Waals surface area contributed by atoms with Crippen molar-refractivity contribution in [1.82, 2.24) is 20.5 Å².